The number of rotatable bonds is 5. The van der Waals surface area contributed by atoms with Crippen molar-refractivity contribution in [1.29, 1.82) is 0 Å². The number of hydrogen-bond donors (Lipinski definition) is 1. The second-order valence-corrected chi connectivity index (χ2v) is 6.82. The average molecular weight is 174 g/mol. The summed E-state index contributed by atoms with van der Waals surface area (Å²) in [6, 6.07) is 0. The monoisotopic (exact) mass is 174 g/mol. The van der Waals surface area contributed by atoms with Gasteiger partial charge in [0.1, 0.15) is 0 Å². The second kappa shape index (κ2) is 5.74. The van der Waals surface area contributed by atoms with E-state index >= 15 is 0 Å². The molecule has 0 saturated heterocycles. The zero-order chi connectivity index (χ0) is 8.85. The molecule has 0 amide bonds. The van der Waals surface area contributed by atoms with Crippen LogP contribution < -0.4 is 4.98 Å². The smallest absolute Gasteiger partial charge is 0.189 e. The molecule has 68 valence electrons. The van der Waals surface area contributed by atoms with E-state index in [2.05, 4.69) is 44.4 Å². The van der Waals surface area contributed by atoms with E-state index in [0.29, 0.717) is 0 Å². The Hall–Kier alpha value is 0.137. The molecule has 0 saturated carbocycles. The largest absolute Gasteiger partial charge is 0.328 e. The van der Waals surface area contributed by atoms with Crippen LogP contribution in [0.3, 0.4) is 0 Å². The molecule has 0 aliphatic heterocycles. The van der Waals surface area contributed by atoms with Gasteiger partial charge in [0.2, 0.25) is 0 Å². The SMILES string of the molecule is CCN[SiH](C(C)CC)N(C)C. The lowest BCUT2D eigenvalue weighted by molar-refractivity contribution is 0.585. The Labute approximate surface area is 72.7 Å². The Morgan fingerprint density at radius 3 is 2.18 bits per heavy atom. The summed E-state index contributed by atoms with van der Waals surface area (Å²) in [5.41, 5.74) is 0.866. The number of nitrogens with one attached hydrogen (secondary N) is 1. The third-order valence-corrected chi connectivity index (χ3v) is 5.64. The van der Waals surface area contributed by atoms with E-state index in [1.807, 2.05) is 0 Å². The molecule has 0 aliphatic carbocycles. The first-order valence-electron chi connectivity index (χ1n) is 4.53. The molecule has 0 aromatic rings. The van der Waals surface area contributed by atoms with Gasteiger partial charge in [0.05, 0.1) is 0 Å². The quantitative estimate of drug-likeness (QED) is 0.630. The van der Waals surface area contributed by atoms with Gasteiger partial charge in [-0.05, 0) is 26.2 Å². The van der Waals surface area contributed by atoms with Crippen LogP contribution in [0.4, 0.5) is 0 Å². The maximum atomic E-state index is 3.60. The average Bonchev–Trinajstić information content (AvgIpc) is 1.98. The molecule has 0 aromatic carbocycles. The molecule has 1 N–H and O–H groups in total. The molecule has 0 bridgehead atoms. The summed E-state index contributed by atoms with van der Waals surface area (Å²) in [4.78, 5) is 3.60. The summed E-state index contributed by atoms with van der Waals surface area (Å²) in [6.07, 6.45) is 1.29. The van der Waals surface area contributed by atoms with Crippen LogP contribution in [-0.2, 0) is 0 Å². The molecule has 0 rings (SSSR count). The van der Waals surface area contributed by atoms with Crippen molar-refractivity contribution in [2.45, 2.75) is 32.7 Å². The van der Waals surface area contributed by atoms with E-state index in [1.165, 1.54) is 6.42 Å². The fraction of sp³-hybridized carbons (Fsp3) is 1.00. The van der Waals surface area contributed by atoms with E-state index in [-0.39, 0.29) is 0 Å². The van der Waals surface area contributed by atoms with Crippen molar-refractivity contribution in [3.63, 3.8) is 0 Å². The van der Waals surface area contributed by atoms with Crippen LogP contribution in [0.2, 0.25) is 5.54 Å². The predicted octanol–water partition coefficient (Wildman–Crippen LogP) is 1.18. The molecule has 2 atom stereocenters. The van der Waals surface area contributed by atoms with E-state index in [9.17, 15) is 0 Å². The molecule has 2 nitrogen and oxygen atoms in total. The molecule has 3 heteroatoms. The lowest BCUT2D eigenvalue weighted by atomic mass is 10.4. The Morgan fingerprint density at radius 2 is 1.91 bits per heavy atom. The normalized spacial score (nSPS) is 16.9. The molecule has 0 radical (unpaired) electrons. The Kier molecular flexibility index (Phi) is 5.82. The van der Waals surface area contributed by atoms with Crippen molar-refractivity contribution in [1.82, 2.24) is 9.55 Å². The van der Waals surface area contributed by atoms with Crippen LogP contribution in [0.5, 0.6) is 0 Å². The van der Waals surface area contributed by atoms with Gasteiger partial charge in [0.25, 0.3) is 0 Å². The zero-order valence-corrected chi connectivity index (χ0v) is 9.67. The van der Waals surface area contributed by atoms with Gasteiger partial charge < -0.3 is 9.55 Å². The lowest BCUT2D eigenvalue weighted by Gasteiger charge is -2.27. The van der Waals surface area contributed by atoms with Crippen molar-refractivity contribution in [3.8, 4) is 0 Å². The molecule has 0 spiro atoms. The minimum atomic E-state index is -0.818. The van der Waals surface area contributed by atoms with Gasteiger partial charge in [0, 0.05) is 0 Å². The molecule has 0 aromatic heterocycles. The minimum Gasteiger partial charge on any atom is -0.328 e. The number of nitrogens with zero attached hydrogens (tertiary/aromatic N) is 1. The minimum absolute atomic E-state index is 0.818. The summed E-state index contributed by atoms with van der Waals surface area (Å²) < 4.78 is 2.39. The van der Waals surface area contributed by atoms with E-state index in [4.69, 9.17) is 0 Å². The van der Waals surface area contributed by atoms with Gasteiger partial charge in [-0.2, -0.15) is 0 Å². The van der Waals surface area contributed by atoms with Gasteiger partial charge in [-0.3, -0.25) is 0 Å². The van der Waals surface area contributed by atoms with E-state index in [0.717, 1.165) is 12.1 Å². The van der Waals surface area contributed by atoms with Crippen LogP contribution in [-0.4, -0.2) is 34.3 Å². The first-order valence-corrected chi connectivity index (χ1v) is 6.29. The third kappa shape index (κ3) is 3.89. The highest BCUT2D eigenvalue weighted by Crippen LogP contribution is 2.12. The van der Waals surface area contributed by atoms with Gasteiger partial charge in [0.15, 0.2) is 9.12 Å². The lowest BCUT2D eigenvalue weighted by Crippen LogP contribution is -2.49. The Morgan fingerprint density at radius 1 is 1.36 bits per heavy atom. The summed E-state index contributed by atoms with van der Waals surface area (Å²) in [5, 5.41) is 0. The van der Waals surface area contributed by atoms with Gasteiger partial charge in [-0.15, -0.1) is 0 Å². The van der Waals surface area contributed by atoms with Crippen molar-refractivity contribution in [2.24, 2.45) is 0 Å². The van der Waals surface area contributed by atoms with Crippen LogP contribution in [0.25, 0.3) is 0 Å². The standard InChI is InChI=1S/C8H22N2Si/c1-6-8(3)11(9-7-2)10(4)5/h8-9,11H,6-7H2,1-5H3. The molecule has 11 heavy (non-hydrogen) atoms. The van der Waals surface area contributed by atoms with Crippen molar-refractivity contribution in [3.05, 3.63) is 0 Å². The van der Waals surface area contributed by atoms with Crippen molar-refractivity contribution < 1.29 is 0 Å². The van der Waals surface area contributed by atoms with Crippen molar-refractivity contribution >= 4 is 9.12 Å². The third-order valence-electron chi connectivity index (χ3n) is 2.15. The first-order chi connectivity index (χ1) is 5.13. The Bertz CT molecular complexity index is 96.1. The highest BCUT2D eigenvalue weighted by molar-refractivity contribution is 6.54. The first kappa shape index (κ1) is 11.1. The topological polar surface area (TPSA) is 15.3 Å². The number of hydrogen-bond acceptors (Lipinski definition) is 2. The summed E-state index contributed by atoms with van der Waals surface area (Å²) in [7, 11) is 3.55. The zero-order valence-electron chi connectivity index (χ0n) is 8.52. The maximum Gasteiger partial charge on any atom is 0.189 e. The molecule has 0 aliphatic rings. The fourth-order valence-electron chi connectivity index (χ4n) is 1.33. The van der Waals surface area contributed by atoms with Gasteiger partial charge >= 0.3 is 0 Å². The summed E-state index contributed by atoms with van der Waals surface area (Å²) >= 11 is 0. The van der Waals surface area contributed by atoms with E-state index in [1.54, 1.807) is 0 Å². The highest BCUT2D eigenvalue weighted by atomic mass is 28.3. The Balaban J connectivity index is 3.87. The van der Waals surface area contributed by atoms with Crippen LogP contribution in [0.1, 0.15) is 27.2 Å². The predicted molar refractivity (Wildman–Crippen MR) is 54.2 cm³/mol. The maximum absolute atomic E-state index is 3.60. The molecule has 0 heterocycles. The van der Waals surface area contributed by atoms with Gasteiger partial charge in [-0.1, -0.05) is 27.2 Å². The summed E-state index contributed by atoms with van der Waals surface area (Å²) in [6.45, 7) is 7.91. The summed E-state index contributed by atoms with van der Waals surface area (Å²) in [5.74, 6) is 0. The molecular formula is C8H22N2Si. The van der Waals surface area contributed by atoms with Crippen LogP contribution in [0, 0.1) is 0 Å². The second-order valence-electron chi connectivity index (χ2n) is 3.35. The molecule has 2 unspecified atom stereocenters. The van der Waals surface area contributed by atoms with Gasteiger partial charge in [-0.25, -0.2) is 0 Å². The fourth-order valence-corrected chi connectivity index (χ4v) is 3.98. The molecule has 0 fully saturated rings. The van der Waals surface area contributed by atoms with E-state index < -0.39 is 9.12 Å². The highest BCUT2D eigenvalue weighted by Gasteiger charge is 2.18. The van der Waals surface area contributed by atoms with Crippen LogP contribution >= 0.6 is 0 Å². The van der Waals surface area contributed by atoms with Crippen LogP contribution in [0.15, 0.2) is 0 Å². The van der Waals surface area contributed by atoms with Crippen molar-refractivity contribution in [2.75, 3.05) is 20.6 Å². The molecular weight excluding hydrogens is 152 g/mol.